The van der Waals surface area contributed by atoms with Crippen LogP contribution in [0.5, 0.6) is 11.5 Å². The summed E-state index contributed by atoms with van der Waals surface area (Å²) in [6.07, 6.45) is 6.82. The number of aliphatic imine (C=N–C) groups is 1. The lowest BCUT2D eigenvalue weighted by atomic mass is 9.94. The molecule has 2 aliphatic rings. The van der Waals surface area contributed by atoms with Gasteiger partial charge in [0, 0.05) is 60.2 Å². The minimum absolute atomic E-state index is 0.0926. The molecular weight excluding hydrogens is 781 g/mol. The van der Waals surface area contributed by atoms with E-state index < -0.39 is 0 Å². The van der Waals surface area contributed by atoms with Gasteiger partial charge in [-0.15, -0.1) is 11.3 Å². The van der Waals surface area contributed by atoms with E-state index in [2.05, 4.69) is 46.9 Å². The van der Waals surface area contributed by atoms with Crippen LogP contribution in [0.2, 0.25) is 0 Å². The zero-order valence-electron chi connectivity index (χ0n) is 32.3. The molecule has 0 aliphatic carbocycles. The highest BCUT2D eigenvalue weighted by Crippen LogP contribution is 2.39. The molecule has 296 valence electrons. The number of benzene rings is 3. The Kier molecular flexibility index (Phi) is 12.0. The molecule has 2 aliphatic heterocycles. The molecule has 0 spiro atoms. The quantitative estimate of drug-likeness (QED) is 0.0754. The number of nitrogens with zero attached hydrogens (tertiary/aromatic N) is 3. The third-order valence-electron chi connectivity index (χ3n) is 9.76. The average Bonchev–Trinajstić information content (AvgIpc) is 3.76. The topological polar surface area (TPSA) is 143 Å². The number of thiophene rings is 1. The van der Waals surface area contributed by atoms with Crippen LogP contribution in [-0.2, 0) is 24.8 Å². The Hall–Kier alpha value is -5.25. The van der Waals surface area contributed by atoms with E-state index in [0.717, 1.165) is 15.6 Å². The van der Waals surface area contributed by atoms with Crippen LogP contribution in [0.25, 0.3) is 10.1 Å². The SMILES string of the molecule is COc1cc2c(cc1OCCCC(=O)Nc1cc(C(=O)Nc3ccc4sc(C(=O)NCC(C)(C)SSC)cc4c3)n(C)c1)N=C[C@@H]1Cc3ccccc3CN1C2=O. The first kappa shape index (κ1) is 40.0. The van der Waals surface area contributed by atoms with Crippen LogP contribution < -0.4 is 25.4 Å². The van der Waals surface area contributed by atoms with Crippen LogP contribution in [0.4, 0.5) is 17.1 Å². The molecule has 0 saturated carbocycles. The minimum atomic E-state index is -0.339. The molecule has 15 heteroatoms. The van der Waals surface area contributed by atoms with Crippen LogP contribution in [0, 0.1) is 0 Å². The number of aryl methyl sites for hydroxylation is 1. The summed E-state index contributed by atoms with van der Waals surface area (Å²) in [5, 5.41) is 9.69. The molecule has 4 amide bonds. The van der Waals surface area contributed by atoms with Crippen molar-refractivity contribution < 1.29 is 28.7 Å². The highest BCUT2D eigenvalue weighted by molar-refractivity contribution is 8.77. The van der Waals surface area contributed by atoms with E-state index in [1.165, 1.54) is 24.0 Å². The molecule has 3 aromatic carbocycles. The van der Waals surface area contributed by atoms with Crippen molar-refractivity contribution in [2.75, 3.05) is 37.2 Å². The first-order valence-corrected chi connectivity index (χ1v) is 21.9. The van der Waals surface area contributed by atoms with Gasteiger partial charge in [-0.05, 0) is 85.9 Å². The number of rotatable bonds is 14. The van der Waals surface area contributed by atoms with Crippen LogP contribution in [0.15, 0.2) is 77.9 Å². The Morgan fingerprint density at radius 2 is 1.79 bits per heavy atom. The fourth-order valence-corrected chi connectivity index (χ4v) is 9.96. The normalized spacial score (nSPS) is 14.6. The lowest BCUT2D eigenvalue weighted by Gasteiger charge is -2.34. The Morgan fingerprint density at radius 3 is 2.58 bits per heavy atom. The van der Waals surface area contributed by atoms with Crippen molar-refractivity contribution in [1.82, 2.24) is 14.8 Å². The van der Waals surface area contributed by atoms with E-state index in [-0.39, 0.29) is 47.4 Å². The van der Waals surface area contributed by atoms with Gasteiger partial charge in [0.15, 0.2) is 11.5 Å². The van der Waals surface area contributed by atoms with E-state index in [0.29, 0.717) is 70.6 Å². The van der Waals surface area contributed by atoms with Gasteiger partial charge in [-0.2, -0.15) is 0 Å². The number of aromatic nitrogens is 1. The molecule has 0 saturated heterocycles. The second-order valence-electron chi connectivity index (χ2n) is 14.5. The van der Waals surface area contributed by atoms with Crippen LogP contribution in [-0.4, -0.2) is 76.6 Å². The summed E-state index contributed by atoms with van der Waals surface area (Å²) in [4.78, 5) is 59.9. The maximum atomic E-state index is 13.7. The minimum Gasteiger partial charge on any atom is -0.493 e. The Balaban J connectivity index is 0.910. The number of carbonyl (C=O) groups excluding carboxylic acids is 4. The van der Waals surface area contributed by atoms with E-state index >= 15 is 0 Å². The fourth-order valence-electron chi connectivity index (χ4n) is 6.88. The molecule has 2 aromatic heterocycles. The fraction of sp³-hybridized carbons (Fsp3) is 0.310. The number of hydrogen-bond acceptors (Lipinski definition) is 10. The number of amides is 4. The zero-order chi connectivity index (χ0) is 40.3. The number of hydrogen-bond donors (Lipinski definition) is 3. The number of ether oxygens (including phenoxy) is 2. The number of nitrogens with one attached hydrogen (secondary N) is 3. The van der Waals surface area contributed by atoms with Gasteiger partial charge in [-0.3, -0.25) is 24.2 Å². The van der Waals surface area contributed by atoms with Crippen molar-refractivity contribution in [3.05, 3.63) is 100 Å². The third kappa shape index (κ3) is 9.16. The van der Waals surface area contributed by atoms with Gasteiger partial charge in [0.2, 0.25) is 5.91 Å². The highest BCUT2D eigenvalue weighted by Gasteiger charge is 2.33. The maximum Gasteiger partial charge on any atom is 0.272 e. The second kappa shape index (κ2) is 17.1. The summed E-state index contributed by atoms with van der Waals surface area (Å²) in [6, 6.07) is 20.4. The molecule has 4 heterocycles. The van der Waals surface area contributed by atoms with E-state index in [4.69, 9.17) is 9.47 Å². The summed E-state index contributed by atoms with van der Waals surface area (Å²) in [7, 11) is 6.65. The predicted octanol–water partition coefficient (Wildman–Crippen LogP) is 8.10. The second-order valence-corrected chi connectivity index (χ2v) is 18.7. The summed E-state index contributed by atoms with van der Waals surface area (Å²) < 4.78 is 14.1. The number of fused-ring (bicyclic) bond motifs is 4. The van der Waals surface area contributed by atoms with Crippen LogP contribution in [0.1, 0.15) is 68.3 Å². The average molecular weight is 825 g/mol. The van der Waals surface area contributed by atoms with Crippen molar-refractivity contribution >= 4 is 89.9 Å². The van der Waals surface area contributed by atoms with Crippen molar-refractivity contribution in [3.63, 3.8) is 0 Å². The van der Waals surface area contributed by atoms with Crippen LogP contribution >= 0.6 is 32.9 Å². The van der Waals surface area contributed by atoms with Crippen molar-refractivity contribution in [2.24, 2.45) is 12.0 Å². The standard InChI is InChI=1S/C42H44N6O6S3/c1-42(2,57-55-5)24-44-40(51)37-17-27-15-28(12-13-36(27)56-37)46-39(50)33-18-29(23-47(33)3)45-38(49)11-8-14-54-35-20-32-31(19-34(35)53-4)41(52)48-22-26-10-7-6-9-25(26)16-30(48)21-43-32/h6-7,9-10,12-13,15,17-21,23,30H,8,11,14,16,22,24H2,1-5H3,(H,44,51)(H,45,49)(H,46,50)/t30-/m0/s1. The van der Waals surface area contributed by atoms with Gasteiger partial charge < -0.3 is 34.9 Å². The van der Waals surface area contributed by atoms with Crippen LogP contribution in [0.3, 0.4) is 0 Å². The van der Waals surface area contributed by atoms with Crippen molar-refractivity contribution in [2.45, 2.75) is 50.4 Å². The maximum absolute atomic E-state index is 13.7. The first-order valence-electron chi connectivity index (χ1n) is 18.5. The van der Waals surface area contributed by atoms with E-state index in [1.54, 1.807) is 63.7 Å². The molecule has 0 fully saturated rings. The van der Waals surface area contributed by atoms with Crippen molar-refractivity contribution in [3.8, 4) is 11.5 Å². The zero-order valence-corrected chi connectivity index (χ0v) is 34.8. The Labute approximate surface area is 343 Å². The highest BCUT2D eigenvalue weighted by atomic mass is 33.1. The van der Waals surface area contributed by atoms with Gasteiger partial charge in [0.05, 0.1) is 41.6 Å². The summed E-state index contributed by atoms with van der Waals surface area (Å²) in [5.74, 6) is 0.0529. The molecule has 57 heavy (non-hydrogen) atoms. The number of methoxy groups -OCH3 is 1. The molecule has 5 aromatic rings. The van der Waals surface area contributed by atoms with Gasteiger partial charge in [-0.1, -0.05) is 45.9 Å². The largest absolute Gasteiger partial charge is 0.493 e. The summed E-state index contributed by atoms with van der Waals surface area (Å²) >= 11 is 1.41. The van der Waals surface area contributed by atoms with E-state index in [1.807, 2.05) is 47.7 Å². The molecule has 12 nitrogen and oxygen atoms in total. The molecule has 0 unspecified atom stereocenters. The monoisotopic (exact) mass is 824 g/mol. The Bertz CT molecular complexity index is 2390. The molecule has 0 bridgehead atoms. The predicted molar refractivity (Wildman–Crippen MR) is 231 cm³/mol. The molecule has 7 rings (SSSR count). The lowest BCUT2D eigenvalue weighted by molar-refractivity contribution is -0.116. The molecule has 0 radical (unpaired) electrons. The lowest BCUT2D eigenvalue weighted by Crippen LogP contribution is -2.44. The first-order chi connectivity index (χ1) is 27.4. The van der Waals surface area contributed by atoms with Gasteiger partial charge >= 0.3 is 0 Å². The van der Waals surface area contributed by atoms with Gasteiger partial charge in [0.1, 0.15) is 5.69 Å². The summed E-state index contributed by atoms with van der Waals surface area (Å²) in [6.45, 7) is 5.47. The van der Waals surface area contributed by atoms with Gasteiger partial charge in [0.25, 0.3) is 17.7 Å². The summed E-state index contributed by atoms with van der Waals surface area (Å²) in [5.41, 5.74) is 4.76. The number of anilines is 2. The smallest absolute Gasteiger partial charge is 0.272 e. The third-order valence-corrected chi connectivity index (χ3v) is 13.5. The molecular formula is C42H44N6O6S3. The molecule has 3 N–H and O–H groups in total. The molecule has 1 atom stereocenters. The van der Waals surface area contributed by atoms with E-state index in [9.17, 15) is 19.2 Å². The van der Waals surface area contributed by atoms with Crippen molar-refractivity contribution in [1.29, 1.82) is 0 Å². The Morgan fingerprint density at radius 1 is 0.982 bits per heavy atom. The van der Waals surface area contributed by atoms with Gasteiger partial charge in [-0.25, -0.2) is 0 Å². The number of carbonyl (C=O) groups is 4.